The number of β-amino-alcohol motifs (C(OH)–C–C–N with tert-alkyl or cyclic N) is 1. The number of aliphatic hydroxyl groups excluding tert-OH is 1. The van der Waals surface area contributed by atoms with E-state index in [9.17, 15) is 9.90 Å². The second kappa shape index (κ2) is 7.44. The van der Waals surface area contributed by atoms with Gasteiger partial charge in [-0.15, -0.1) is 0 Å². The summed E-state index contributed by atoms with van der Waals surface area (Å²) in [5.74, 6) is 1.20. The summed E-state index contributed by atoms with van der Waals surface area (Å²) in [5, 5.41) is 18.3. The van der Waals surface area contributed by atoms with Gasteiger partial charge in [0.2, 0.25) is 5.91 Å². The number of carbonyl (C=O) groups is 1. The van der Waals surface area contributed by atoms with Crippen molar-refractivity contribution in [2.24, 2.45) is 0 Å². The average Bonchev–Trinajstić information content (AvgIpc) is 3.30. The van der Waals surface area contributed by atoms with Crippen molar-refractivity contribution >= 4 is 22.6 Å². The summed E-state index contributed by atoms with van der Waals surface area (Å²) >= 11 is 0. The van der Waals surface area contributed by atoms with E-state index in [1.807, 2.05) is 36.5 Å². The molecule has 150 valence electrons. The first-order valence-corrected chi connectivity index (χ1v) is 10.1. The first-order valence-electron chi connectivity index (χ1n) is 10.1. The summed E-state index contributed by atoms with van der Waals surface area (Å²) in [5.41, 5.74) is 1.91. The highest BCUT2D eigenvalue weighted by Gasteiger charge is 2.33. The van der Waals surface area contributed by atoms with Crippen LogP contribution in [0, 0.1) is 0 Å². The molecule has 1 unspecified atom stereocenters. The van der Waals surface area contributed by atoms with Crippen LogP contribution in [0.1, 0.15) is 30.9 Å². The van der Waals surface area contributed by atoms with Crippen molar-refractivity contribution in [3.05, 3.63) is 48.5 Å². The number of hydrogen-bond donors (Lipinski definition) is 2. The molecule has 3 aromatic rings. The lowest BCUT2D eigenvalue weighted by molar-refractivity contribution is -0.123. The number of benzene rings is 1. The van der Waals surface area contributed by atoms with Crippen molar-refractivity contribution < 1.29 is 9.90 Å². The molecule has 1 aliphatic heterocycles. The van der Waals surface area contributed by atoms with Crippen LogP contribution in [0.5, 0.6) is 0 Å². The van der Waals surface area contributed by atoms with E-state index < -0.39 is 0 Å². The standard InChI is InChI=1S/C21H24N6O2/c28-17-5-6-26(11-17)20-9-19(22-13-23-20)15-7-16(8-15)24-21(29)12-27-10-14-3-1-2-4-18(14)25-27/h1-4,9-10,13,15-17,28H,5-8,11-12H2,(H,24,29). The second-order valence-corrected chi connectivity index (χ2v) is 8.01. The summed E-state index contributed by atoms with van der Waals surface area (Å²) < 4.78 is 1.69. The number of rotatable bonds is 5. The lowest BCUT2D eigenvalue weighted by Crippen LogP contribution is -2.44. The molecule has 1 aliphatic carbocycles. The molecule has 2 aliphatic rings. The lowest BCUT2D eigenvalue weighted by atomic mass is 9.78. The van der Waals surface area contributed by atoms with E-state index >= 15 is 0 Å². The van der Waals surface area contributed by atoms with Gasteiger partial charge in [0, 0.05) is 48.4 Å². The molecular formula is C21H24N6O2. The Hall–Kier alpha value is -3.00. The largest absolute Gasteiger partial charge is 0.391 e. The SMILES string of the molecule is O=C(Cn1cc2ccccc2n1)NC1CC(c2cc(N3CCC(O)C3)ncn2)C1. The molecule has 1 aromatic carbocycles. The number of amides is 1. The molecule has 0 spiro atoms. The Balaban J connectivity index is 1.14. The van der Waals surface area contributed by atoms with E-state index in [0.29, 0.717) is 12.5 Å². The van der Waals surface area contributed by atoms with Crippen LogP contribution in [-0.4, -0.2) is 56.0 Å². The van der Waals surface area contributed by atoms with E-state index in [-0.39, 0.29) is 24.6 Å². The Labute approximate surface area is 168 Å². The molecular weight excluding hydrogens is 368 g/mol. The maximum absolute atomic E-state index is 12.4. The van der Waals surface area contributed by atoms with Crippen LogP contribution in [-0.2, 0) is 11.3 Å². The molecule has 1 atom stereocenters. The predicted octanol–water partition coefficient (Wildman–Crippen LogP) is 1.46. The zero-order valence-corrected chi connectivity index (χ0v) is 16.1. The Morgan fingerprint density at radius 1 is 1.24 bits per heavy atom. The van der Waals surface area contributed by atoms with E-state index in [0.717, 1.165) is 48.2 Å². The van der Waals surface area contributed by atoms with E-state index in [1.54, 1.807) is 11.0 Å². The molecule has 2 aromatic heterocycles. The molecule has 8 nitrogen and oxygen atoms in total. The number of aliphatic hydroxyl groups is 1. The van der Waals surface area contributed by atoms with Crippen LogP contribution in [0.3, 0.4) is 0 Å². The van der Waals surface area contributed by atoms with Gasteiger partial charge in [0.15, 0.2) is 0 Å². The van der Waals surface area contributed by atoms with Crippen LogP contribution >= 0.6 is 0 Å². The Morgan fingerprint density at radius 2 is 2.10 bits per heavy atom. The van der Waals surface area contributed by atoms with Crippen molar-refractivity contribution in [2.75, 3.05) is 18.0 Å². The molecule has 1 saturated heterocycles. The summed E-state index contributed by atoms with van der Waals surface area (Å²) in [6.07, 6.45) is 5.77. The van der Waals surface area contributed by atoms with E-state index in [1.165, 1.54) is 0 Å². The normalized spacial score (nSPS) is 23.9. The minimum absolute atomic E-state index is 0.0179. The van der Waals surface area contributed by atoms with Crippen molar-refractivity contribution in [3.63, 3.8) is 0 Å². The molecule has 0 radical (unpaired) electrons. The van der Waals surface area contributed by atoms with Crippen LogP contribution in [0.2, 0.25) is 0 Å². The highest BCUT2D eigenvalue weighted by atomic mass is 16.3. The molecule has 1 amide bonds. The summed E-state index contributed by atoms with van der Waals surface area (Å²) in [4.78, 5) is 23.2. The quantitative estimate of drug-likeness (QED) is 0.682. The van der Waals surface area contributed by atoms with Gasteiger partial charge in [-0.1, -0.05) is 18.2 Å². The summed E-state index contributed by atoms with van der Waals surface area (Å²) in [6.45, 7) is 1.68. The number of nitrogens with one attached hydrogen (secondary N) is 1. The van der Waals surface area contributed by atoms with Gasteiger partial charge in [0.1, 0.15) is 18.7 Å². The number of anilines is 1. The molecule has 29 heavy (non-hydrogen) atoms. The third-order valence-corrected chi connectivity index (χ3v) is 5.85. The van der Waals surface area contributed by atoms with Gasteiger partial charge in [-0.25, -0.2) is 9.97 Å². The van der Waals surface area contributed by atoms with Crippen molar-refractivity contribution in [3.8, 4) is 0 Å². The molecule has 2 fully saturated rings. The maximum atomic E-state index is 12.4. The maximum Gasteiger partial charge on any atom is 0.241 e. The van der Waals surface area contributed by atoms with Crippen LogP contribution in [0.15, 0.2) is 42.9 Å². The smallest absolute Gasteiger partial charge is 0.241 e. The monoisotopic (exact) mass is 392 g/mol. The first-order chi connectivity index (χ1) is 14.1. The fourth-order valence-corrected chi connectivity index (χ4v) is 4.20. The van der Waals surface area contributed by atoms with Gasteiger partial charge in [0.25, 0.3) is 0 Å². The zero-order valence-electron chi connectivity index (χ0n) is 16.1. The van der Waals surface area contributed by atoms with Crippen LogP contribution in [0.25, 0.3) is 10.9 Å². The van der Waals surface area contributed by atoms with E-state index in [4.69, 9.17) is 0 Å². The minimum atomic E-state index is -0.274. The number of aromatic nitrogens is 4. The average molecular weight is 392 g/mol. The van der Waals surface area contributed by atoms with E-state index in [2.05, 4.69) is 25.3 Å². The minimum Gasteiger partial charge on any atom is -0.391 e. The van der Waals surface area contributed by atoms with Gasteiger partial charge in [-0.3, -0.25) is 9.48 Å². The Kier molecular flexibility index (Phi) is 4.63. The van der Waals surface area contributed by atoms with Crippen LogP contribution in [0.4, 0.5) is 5.82 Å². The second-order valence-electron chi connectivity index (χ2n) is 8.01. The third-order valence-electron chi connectivity index (χ3n) is 5.85. The van der Waals surface area contributed by atoms with Gasteiger partial charge >= 0.3 is 0 Å². The molecule has 2 N–H and O–H groups in total. The van der Waals surface area contributed by atoms with Crippen molar-refractivity contribution in [1.29, 1.82) is 0 Å². The predicted molar refractivity (Wildman–Crippen MR) is 109 cm³/mol. The van der Waals surface area contributed by atoms with Gasteiger partial charge in [-0.2, -0.15) is 5.10 Å². The molecule has 3 heterocycles. The third kappa shape index (κ3) is 3.80. The number of nitrogens with zero attached hydrogens (tertiary/aromatic N) is 5. The molecule has 8 heteroatoms. The van der Waals surface area contributed by atoms with Crippen molar-refractivity contribution in [1.82, 2.24) is 25.1 Å². The fraction of sp³-hybridized carbons (Fsp3) is 0.429. The van der Waals surface area contributed by atoms with Crippen molar-refractivity contribution in [2.45, 2.75) is 43.9 Å². The topological polar surface area (TPSA) is 96.2 Å². The van der Waals surface area contributed by atoms with Gasteiger partial charge in [-0.05, 0) is 25.3 Å². The highest BCUT2D eigenvalue weighted by molar-refractivity contribution is 5.80. The zero-order chi connectivity index (χ0) is 19.8. The molecule has 5 rings (SSSR count). The summed E-state index contributed by atoms with van der Waals surface area (Å²) in [7, 11) is 0. The number of hydrogen-bond acceptors (Lipinski definition) is 6. The van der Waals surface area contributed by atoms with Gasteiger partial charge in [0.05, 0.1) is 11.6 Å². The lowest BCUT2D eigenvalue weighted by Gasteiger charge is -2.35. The van der Waals surface area contributed by atoms with Gasteiger partial charge < -0.3 is 15.3 Å². The highest BCUT2D eigenvalue weighted by Crippen LogP contribution is 2.36. The Bertz CT molecular complexity index is 996. The summed E-state index contributed by atoms with van der Waals surface area (Å²) in [6, 6.07) is 10.0. The van der Waals surface area contributed by atoms with Crippen LogP contribution < -0.4 is 10.2 Å². The Morgan fingerprint density at radius 3 is 2.90 bits per heavy atom. The number of fused-ring (bicyclic) bond motifs is 1. The molecule has 0 bridgehead atoms. The molecule has 1 saturated carbocycles. The first kappa shape index (κ1) is 18.1. The number of carbonyl (C=O) groups excluding carboxylic acids is 1. The fourth-order valence-electron chi connectivity index (χ4n) is 4.20.